The number of phenolic OH excluding ortho intramolecular Hbond substituents is 1. The highest BCUT2D eigenvalue weighted by Gasteiger charge is 2.29. The van der Waals surface area contributed by atoms with Crippen molar-refractivity contribution in [3.05, 3.63) is 71.1 Å². The summed E-state index contributed by atoms with van der Waals surface area (Å²) in [5.74, 6) is 2.15. The number of nitrogens with zero attached hydrogens (tertiary/aromatic N) is 1. The summed E-state index contributed by atoms with van der Waals surface area (Å²) in [5, 5.41) is 10.0. The first kappa shape index (κ1) is 17.5. The highest BCUT2D eigenvalue weighted by atomic mass is 35.5. The molecule has 0 unspecified atom stereocenters. The van der Waals surface area contributed by atoms with Gasteiger partial charge in [-0.2, -0.15) is 0 Å². The molecule has 2 aromatic rings. The maximum atomic E-state index is 9.26. The van der Waals surface area contributed by atoms with Crippen LogP contribution < -0.4 is 4.74 Å². The molecular weight excluding hydrogens is 338 g/mol. The number of benzene rings is 2. The number of aromatic hydroxyl groups is 1. The smallest absolute Gasteiger partial charge is 0.182 e. The molecule has 0 radical (unpaired) electrons. The summed E-state index contributed by atoms with van der Waals surface area (Å²) in [4.78, 5) is 2.10. The van der Waals surface area contributed by atoms with Crippen molar-refractivity contribution in [3.8, 4) is 11.5 Å². The minimum Gasteiger partial charge on any atom is -0.508 e. The molecule has 1 heterocycles. The van der Waals surface area contributed by atoms with E-state index < -0.39 is 0 Å². The van der Waals surface area contributed by atoms with E-state index in [0.717, 1.165) is 35.0 Å². The van der Waals surface area contributed by atoms with Crippen LogP contribution in [0, 0.1) is 12.8 Å². The van der Waals surface area contributed by atoms with Gasteiger partial charge in [0.25, 0.3) is 0 Å². The van der Waals surface area contributed by atoms with Gasteiger partial charge in [0.1, 0.15) is 18.1 Å². The van der Waals surface area contributed by atoms with Crippen molar-refractivity contribution >= 4 is 11.6 Å². The van der Waals surface area contributed by atoms with Crippen LogP contribution >= 0.6 is 11.6 Å². The maximum Gasteiger partial charge on any atom is 0.182 e. The minimum atomic E-state index is 0.242. The zero-order chi connectivity index (χ0) is 17.8. The van der Waals surface area contributed by atoms with Gasteiger partial charge in [-0.15, -0.1) is 0 Å². The Balaban J connectivity index is 1.37. The van der Waals surface area contributed by atoms with Gasteiger partial charge < -0.3 is 19.5 Å². The van der Waals surface area contributed by atoms with Gasteiger partial charge in [-0.3, -0.25) is 0 Å². The first-order chi connectivity index (χ1) is 12.0. The fourth-order valence-electron chi connectivity index (χ4n) is 2.69. The lowest BCUT2D eigenvalue weighted by Gasteiger charge is -2.40. The molecule has 25 heavy (non-hydrogen) atoms. The van der Waals surface area contributed by atoms with Gasteiger partial charge in [-0.25, -0.2) is 0 Å². The third kappa shape index (κ3) is 4.60. The Hall–Kier alpha value is -2.33. The molecule has 132 valence electrons. The quantitative estimate of drug-likeness (QED) is 0.746. The van der Waals surface area contributed by atoms with E-state index in [1.165, 1.54) is 0 Å². The molecule has 0 spiro atoms. The molecule has 3 rings (SSSR count). The van der Waals surface area contributed by atoms with Crippen LogP contribution in [0.15, 0.2) is 54.9 Å². The third-order valence-electron chi connectivity index (χ3n) is 4.26. The monoisotopic (exact) mass is 359 g/mol. The van der Waals surface area contributed by atoms with Gasteiger partial charge in [0.15, 0.2) is 5.88 Å². The molecule has 0 saturated carbocycles. The maximum absolute atomic E-state index is 9.26. The van der Waals surface area contributed by atoms with Crippen molar-refractivity contribution in [1.29, 1.82) is 0 Å². The number of rotatable bonds is 7. The van der Waals surface area contributed by atoms with E-state index in [1.807, 2.05) is 25.1 Å². The first-order valence-electron chi connectivity index (χ1n) is 8.25. The van der Waals surface area contributed by atoms with Crippen LogP contribution in [0.25, 0.3) is 0 Å². The van der Waals surface area contributed by atoms with Crippen LogP contribution in [-0.2, 0) is 11.3 Å². The summed E-state index contributed by atoms with van der Waals surface area (Å²) >= 11 is 6.03. The molecule has 4 nitrogen and oxygen atoms in total. The Morgan fingerprint density at radius 1 is 1.24 bits per heavy atom. The lowest BCUT2D eigenvalue weighted by atomic mass is 10.0. The summed E-state index contributed by atoms with van der Waals surface area (Å²) in [6, 6.07) is 12.7. The van der Waals surface area contributed by atoms with E-state index in [0.29, 0.717) is 25.0 Å². The van der Waals surface area contributed by atoms with Gasteiger partial charge in [0, 0.05) is 24.0 Å². The standard InChI is InChI=1S/C20H22ClNO3/c1-14-9-16(3-8-20(14)21)12-24-15(2)22-10-17(11-22)13-25-19-6-4-18(23)5-7-19/h3-9,17,23H,2,10-13H2,1H3. The second-order valence-corrected chi connectivity index (χ2v) is 6.75. The number of aryl methyl sites for hydroxylation is 1. The molecule has 1 aliphatic heterocycles. The molecule has 2 aromatic carbocycles. The van der Waals surface area contributed by atoms with Gasteiger partial charge in [0.05, 0.1) is 6.61 Å². The van der Waals surface area contributed by atoms with E-state index in [9.17, 15) is 5.11 Å². The Morgan fingerprint density at radius 3 is 2.64 bits per heavy atom. The number of likely N-dealkylation sites (tertiary alicyclic amines) is 1. The van der Waals surface area contributed by atoms with Gasteiger partial charge in [0.2, 0.25) is 0 Å². The van der Waals surface area contributed by atoms with Crippen LogP contribution in [0.4, 0.5) is 0 Å². The van der Waals surface area contributed by atoms with Crippen LogP contribution in [0.2, 0.25) is 5.02 Å². The Labute approximate surface area is 153 Å². The van der Waals surface area contributed by atoms with Gasteiger partial charge >= 0.3 is 0 Å². The van der Waals surface area contributed by atoms with Gasteiger partial charge in [-0.1, -0.05) is 23.7 Å². The van der Waals surface area contributed by atoms with Crippen LogP contribution in [-0.4, -0.2) is 29.7 Å². The summed E-state index contributed by atoms with van der Waals surface area (Å²) in [6.07, 6.45) is 0. The molecule has 5 heteroatoms. The van der Waals surface area contributed by atoms with Crippen molar-refractivity contribution in [2.24, 2.45) is 5.92 Å². The average Bonchev–Trinajstić information content (AvgIpc) is 2.56. The average molecular weight is 360 g/mol. The topological polar surface area (TPSA) is 41.9 Å². The number of halogens is 1. The van der Waals surface area contributed by atoms with Crippen LogP contribution in [0.1, 0.15) is 11.1 Å². The molecule has 1 fully saturated rings. The largest absolute Gasteiger partial charge is 0.508 e. The highest BCUT2D eigenvalue weighted by Crippen LogP contribution is 2.24. The molecule has 1 N–H and O–H groups in total. The van der Waals surface area contributed by atoms with Crippen molar-refractivity contribution in [3.63, 3.8) is 0 Å². The number of hydrogen-bond acceptors (Lipinski definition) is 4. The predicted octanol–water partition coefficient (Wildman–Crippen LogP) is 4.35. The molecule has 0 atom stereocenters. The molecular formula is C20H22ClNO3. The van der Waals surface area contributed by atoms with Gasteiger partial charge in [-0.05, 0) is 55.0 Å². The van der Waals surface area contributed by atoms with Crippen LogP contribution in [0.3, 0.4) is 0 Å². The highest BCUT2D eigenvalue weighted by molar-refractivity contribution is 6.31. The summed E-state index contributed by atoms with van der Waals surface area (Å²) in [6.45, 7) is 8.86. The van der Waals surface area contributed by atoms with Crippen molar-refractivity contribution in [2.75, 3.05) is 19.7 Å². The number of ether oxygens (including phenoxy) is 2. The predicted molar refractivity (Wildman–Crippen MR) is 98.8 cm³/mol. The van der Waals surface area contributed by atoms with Crippen molar-refractivity contribution < 1.29 is 14.6 Å². The minimum absolute atomic E-state index is 0.242. The molecule has 0 aromatic heterocycles. The summed E-state index contributed by atoms with van der Waals surface area (Å²) in [7, 11) is 0. The zero-order valence-corrected chi connectivity index (χ0v) is 15.0. The Morgan fingerprint density at radius 2 is 1.96 bits per heavy atom. The summed E-state index contributed by atoms with van der Waals surface area (Å²) < 4.78 is 11.5. The van der Waals surface area contributed by atoms with E-state index in [4.69, 9.17) is 21.1 Å². The molecule has 0 aliphatic carbocycles. The SMILES string of the molecule is C=C(OCc1ccc(Cl)c(C)c1)N1CC(COc2ccc(O)cc2)C1. The van der Waals surface area contributed by atoms with E-state index in [1.54, 1.807) is 24.3 Å². The van der Waals surface area contributed by atoms with E-state index in [-0.39, 0.29) is 5.75 Å². The number of hydrogen-bond donors (Lipinski definition) is 1. The lowest BCUT2D eigenvalue weighted by molar-refractivity contribution is 0.0166. The first-order valence-corrected chi connectivity index (χ1v) is 8.62. The lowest BCUT2D eigenvalue weighted by Crippen LogP contribution is -2.48. The third-order valence-corrected chi connectivity index (χ3v) is 4.68. The van der Waals surface area contributed by atoms with Crippen LogP contribution in [0.5, 0.6) is 11.5 Å². The summed E-state index contributed by atoms with van der Waals surface area (Å²) in [5.41, 5.74) is 2.12. The molecule has 1 saturated heterocycles. The fraction of sp³-hybridized carbons (Fsp3) is 0.300. The Bertz CT molecular complexity index is 739. The second-order valence-electron chi connectivity index (χ2n) is 6.34. The van der Waals surface area contributed by atoms with Crippen molar-refractivity contribution in [1.82, 2.24) is 4.90 Å². The second kappa shape index (κ2) is 7.70. The molecule has 1 aliphatic rings. The van der Waals surface area contributed by atoms with Crippen molar-refractivity contribution in [2.45, 2.75) is 13.5 Å². The Kier molecular flexibility index (Phi) is 5.39. The van der Waals surface area contributed by atoms with E-state index >= 15 is 0 Å². The molecule has 0 bridgehead atoms. The fourth-order valence-corrected chi connectivity index (χ4v) is 2.81. The molecule has 0 amide bonds. The zero-order valence-electron chi connectivity index (χ0n) is 14.2. The number of phenols is 1. The normalized spacial score (nSPS) is 14.1. The van der Waals surface area contributed by atoms with E-state index in [2.05, 4.69) is 11.5 Å².